The molecule has 0 saturated carbocycles. The summed E-state index contributed by atoms with van der Waals surface area (Å²) in [5.41, 5.74) is 1.38. The van der Waals surface area contributed by atoms with Gasteiger partial charge in [-0.3, -0.25) is 4.90 Å². The Balaban J connectivity index is 1.61. The Morgan fingerprint density at radius 3 is 3.19 bits per heavy atom. The van der Waals surface area contributed by atoms with Crippen LogP contribution >= 0.6 is 11.3 Å². The first kappa shape index (κ1) is 15.7. The number of aromatic nitrogens is 5. The normalized spacial score (nSPS) is 15.0. The van der Waals surface area contributed by atoms with Crippen molar-refractivity contribution in [2.45, 2.75) is 32.9 Å². The Labute approximate surface area is 153 Å². The zero-order valence-corrected chi connectivity index (χ0v) is 15.3. The second-order valence-electron chi connectivity index (χ2n) is 6.49. The van der Waals surface area contributed by atoms with Gasteiger partial charge in [-0.2, -0.15) is 9.50 Å². The Hall–Kier alpha value is -2.52. The quantitative estimate of drug-likeness (QED) is 0.579. The Morgan fingerprint density at radius 1 is 1.38 bits per heavy atom. The van der Waals surface area contributed by atoms with Crippen molar-refractivity contribution in [3.63, 3.8) is 0 Å². The molecule has 0 amide bonds. The lowest BCUT2D eigenvalue weighted by Gasteiger charge is -2.26. The van der Waals surface area contributed by atoms with E-state index in [1.165, 1.54) is 16.9 Å². The molecule has 0 spiro atoms. The van der Waals surface area contributed by atoms with E-state index in [-0.39, 0.29) is 0 Å². The van der Waals surface area contributed by atoms with E-state index in [4.69, 9.17) is 4.42 Å². The van der Waals surface area contributed by atoms with Crippen molar-refractivity contribution < 1.29 is 4.42 Å². The number of tetrazole rings is 1. The summed E-state index contributed by atoms with van der Waals surface area (Å²) < 4.78 is 7.19. The number of nitrogens with zero attached hydrogens (tertiary/aromatic N) is 6. The maximum Gasteiger partial charge on any atom is 0.276 e. The topological polar surface area (TPSA) is 84.4 Å². The van der Waals surface area contributed by atoms with Crippen molar-refractivity contribution in [3.05, 3.63) is 34.6 Å². The van der Waals surface area contributed by atoms with Gasteiger partial charge in [0.05, 0.1) is 18.2 Å². The third-order valence-electron chi connectivity index (χ3n) is 4.76. The summed E-state index contributed by atoms with van der Waals surface area (Å²) in [5, 5.41) is 16.6. The van der Waals surface area contributed by atoms with Crippen LogP contribution in [0.3, 0.4) is 0 Å². The number of hydrogen-bond acceptors (Lipinski definition) is 8. The molecule has 0 unspecified atom stereocenters. The zero-order valence-electron chi connectivity index (χ0n) is 14.5. The molecule has 0 aliphatic carbocycles. The first-order valence-corrected chi connectivity index (χ1v) is 9.66. The Bertz CT molecular complexity index is 1050. The molecule has 1 aliphatic rings. The summed E-state index contributed by atoms with van der Waals surface area (Å²) in [7, 11) is 0. The molecule has 0 saturated heterocycles. The van der Waals surface area contributed by atoms with Crippen LogP contribution in [0.2, 0.25) is 0 Å². The maximum atomic E-state index is 5.43. The number of rotatable bonds is 5. The molecule has 8 nitrogen and oxygen atoms in total. The van der Waals surface area contributed by atoms with Crippen LogP contribution in [-0.2, 0) is 19.5 Å². The van der Waals surface area contributed by atoms with Gasteiger partial charge in [-0.15, -0.1) is 11.3 Å². The first-order chi connectivity index (χ1) is 12.8. The number of hydrogen-bond donors (Lipinski definition) is 1. The fourth-order valence-electron chi connectivity index (χ4n) is 3.59. The molecule has 0 aromatic carbocycles. The van der Waals surface area contributed by atoms with Crippen LogP contribution < -0.4 is 5.32 Å². The minimum absolute atomic E-state index is 0.517. The summed E-state index contributed by atoms with van der Waals surface area (Å²) >= 11 is 1.78. The van der Waals surface area contributed by atoms with Crippen molar-refractivity contribution in [1.82, 2.24) is 29.9 Å². The van der Waals surface area contributed by atoms with Gasteiger partial charge in [0.25, 0.3) is 5.78 Å². The molecule has 5 heterocycles. The van der Waals surface area contributed by atoms with Gasteiger partial charge in [-0.25, -0.2) is 0 Å². The van der Waals surface area contributed by atoms with Crippen molar-refractivity contribution in [3.8, 4) is 0 Å². The van der Waals surface area contributed by atoms with Gasteiger partial charge >= 0.3 is 0 Å². The van der Waals surface area contributed by atoms with Gasteiger partial charge in [-0.05, 0) is 47.5 Å². The van der Waals surface area contributed by atoms with E-state index in [1.807, 2.05) is 12.1 Å². The standard InChI is InChI=1S/C17H19N7OS/c1-2-6-23-7-5-12-13(10-23)26-16-14(12)15(18-9-11-4-3-8-25-11)19-17-20-21-22-24(16)17/h3-4,8H,2,5-7,9-10H2,1H3,(H,18,19,20,22). The van der Waals surface area contributed by atoms with E-state index in [2.05, 4.69) is 37.6 Å². The van der Waals surface area contributed by atoms with Crippen molar-refractivity contribution in [2.75, 3.05) is 18.4 Å². The van der Waals surface area contributed by atoms with Gasteiger partial charge in [0.1, 0.15) is 16.4 Å². The second-order valence-corrected chi connectivity index (χ2v) is 7.58. The molecule has 1 aliphatic heterocycles. The molecule has 1 N–H and O–H groups in total. The molecule has 0 atom stereocenters. The third-order valence-corrected chi connectivity index (χ3v) is 5.95. The number of furan rings is 1. The van der Waals surface area contributed by atoms with Crippen LogP contribution in [0.25, 0.3) is 16.0 Å². The fraction of sp³-hybridized carbons (Fsp3) is 0.412. The van der Waals surface area contributed by atoms with E-state index in [0.29, 0.717) is 12.3 Å². The highest BCUT2D eigenvalue weighted by Gasteiger charge is 2.25. The monoisotopic (exact) mass is 369 g/mol. The van der Waals surface area contributed by atoms with Gasteiger partial charge in [0, 0.05) is 18.0 Å². The highest BCUT2D eigenvalue weighted by atomic mass is 32.1. The van der Waals surface area contributed by atoms with E-state index >= 15 is 0 Å². The molecule has 9 heteroatoms. The Morgan fingerprint density at radius 2 is 2.35 bits per heavy atom. The third kappa shape index (κ3) is 2.55. The maximum absolute atomic E-state index is 5.43. The highest BCUT2D eigenvalue weighted by Crippen LogP contribution is 2.38. The molecule has 26 heavy (non-hydrogen) atoms. The van der Waals surface area contributed by atoms with Crippen molar-refractivity contribution in [1.29, 1.82) is 0 Å². The largest absolute Gasteiger partial charge is 0.467 e. The van der Waals surface area contributed by atoms with E-state index < -0.39 is 0 Å². The lowest BCUT2D eigenvalue weighted by atomic mass is 10.0. The molecular formula is C17H19N7OS. The summed E-state index contributed by atoms with van der Waals surface area (Å²) in [6, 6.07) is 3.84. The van der Waals surface area contributed by atoms with Gasteiger partial charge < -0.3 is 9.73 Å². The fourth-order valence-corrected chi connectivity index (χ4v) is 4.93. The zero-order chi connectivity index (χ0) is 17.5. The van der Waals surface area contributed by atoms with Crippen LogP contribution in [0.4, 0.5) is 5.82 Å². The van der Waals surface area contributed by atoms with E-state index in [9.17, 15) is 0 Å². The van der Waals surface area contributed by atoms with Gasteiger partial charge in [0.2, 0.25) is 0 Å². The first-order valence-electron chi connectivity index (χ1n) is 8.84. The van der Waals surface area contributed by atoms with Crippen molar-refractivity contribution >= 4 is 33.1 Å². The number of thiophene rings is 1. The van der Waals surface area contributed by atoms with Crippen LogP contribution in [0.1, 0.15) is 29.5 Å². The van der Waals surface area contributed by atoms with E-state index in [0.717, 1.165) is 47.8 Å². The van der Waals surface area contributed by atoms with Crippen LogP contribution in [0, 0.1) is 0 Å². The molecule has 0 radical (unpaired) electrons. The Kier molecular flexibility index (Phi) is 3.83. The minimum Gasteiger partial charge on any atom is -0.467 e. The van der Waals surface area contributed by atoms with Crippen LogP contribution in [-0.4, -0.2) is 43.0 Å². The van der Waals surface area contributed by atoms with Crippen LogP contribution in [0.15, 0.2) is 22.8 Å². The number of nitrogens with one attached hydrogen (secondary N) is 1. The lowest BCUT2D eigenvalue weighted by molar-refractivity contribution is 0.258. The molecule has 4 aromatic heterocycles. The molecule has 134 valence electrons. The van der Waals surface area contributed by atoms with Gasteiger partial charge in [-0.1, -0.05) is 12.0 Å². The summed E-state index contributed by atoms with van der Waals surface area (Å²) in [6.07, 6.45) is 3.88. The summed E-state index contributed by atoms with van der Waals surface area (Å²) in [5.74, 6) is 2.22. The number of anilines is 1. The van der Waals surface area contributed by atoms with Gasteiger partial charge in [0.15, 0.2) is 0 Å². The molecule has 4 aromatic rings. The summed E-state index contributed by atoms with van der Waals surface area (Å²) in [4.78, 5) is 9.63. The van der Waals surface area contributed by atoms with Crippen LogP contribution in [0.5, 0.6) is 0 Å². The predicted molar refractivity (Wildman–Crippen MR) is 99.3 cm³/mol. The average molecular weight is 369 g/mol. The lowest BCUT2D eigenvalue weighted by Crippen LogP contribution is -2.30. The minimum atomic E-state index is 0.517. The second kappa shape index (κ2) is 6.33. The van der Waals surface area contributed by atoms with Crippen molar-refractivity contribution in [2.24, 2.45) is 0 Å². The molecule has 0 fully saturated rings. The smallest absolute Gasteiger partial charge is 0.276 e. The summed E-state index contributed by atoms with van der Waals surface area (Å²) in [6.45, 7) is 6.02. The average Bonchev–Trinajstić information content (AvgIpc) is 3.38. The van der Waals surface area contributed by atoms with E-state index in [1.54, 1.807) is 22.1 Å². The number of fused-ring (bicyclic) bond motifs is 5. The molecule has 0 bridgehead atoms. The highest BCUT2D eigenvalue weighted by molar-refractivity contribution is 7.19. The molecular weight excluding hydrogens is 350 g/mol. The molecule has 5 rings (SSSR count). The predicted octanol–water partition coefficient (Wildman–Crippen LogP) is 2.71. The SMILES string of the molecule is CCCN1CCc2c(sc3c2c(NCc2ccco2)nc2nnnn23)C1.